The van der Waals surface area contributed by atoms with E-state index in [0.717, 1.165) is 11.8 Å². The van der Waals surface area contributed by atoms with Crippen LogP contribution in [-0.2, 0) is 0 Å². The molecule has 1 rings (SSSR count). The van der Waals surface area contributed by atoms with Crippen molar-refractivity contribution in [3.05, 3.63) is 0 Å². The molecule has 0 aromatic carbocycles. The first-order valence-corrected chi connectivity index (χ1v) is 9.88. The molecule has 2 unspecified atom stereocenters. The Morgan fingerprint density at radius 2 is 0.900 bits per heavy atom. The molecule has 0 nitrogen and oxygen atoms in total. The second-order valence-corrected chi connectivity index (χ2v) is 7.21. The van der Waals surface area contributed by atoms with Gasteiger partial charge in [0.15, 0.2) is 0 Å². The van der Waals surface area contributed by atoms with Crippen molar-refractivity contribution in [2.45, 2.75) is 117 Å². The Balaban J connectivity index is 1.78. The maximum atomic E-state index is 2.33. The summed E-state index contributed by atoms with van der Waals surface area (Å²) in [6, 6.07) is 0. The molecular formula is C20H40. The van der Waals surface area contributed by atoms with Crippen LogP contribution in [0.1, 0.15) is 117 Å². The van der Waals surface area contributed by atoms with Crippen LogP contribution in [0.4, 0.5) is 0 Å². The van der Waals surface area contributed by atoms with Crippen molar-refractivity contribution < 1.29 is 0 Å². The number of hydrogen-bond acceptors (Lipinski definition) is 0. The van der Waals surface area contributed by atoms with Gasteiger partial charge in [-0.3, -0.25) is 0 Å². The zero-order valence-corrected chi connectivity index (χ0v) is 14.5. The lowest BCUT2D eigenvalue weighted by molar-refractivity contribution is 0.146. The van der Waals surface area contributed by atoms with Crippen molar-refractivity contribution in [2.75, 3.05) is 0 Å². The average Bonchev–Trinajstić information content (AvgIpc) is 2.44. The van der Waals surface area contributed by atoms with E-state index in [1.54, 1.807) is 19.3 Å². The lowest BCUT2D eigenvalue weighted by atomic mass is 9.69. The van der Waals surface area contributed by atoms with Gasteiger partial charge in [0.2, 0.25) is 0 Å². The first-order chi connectivity index (χ1) is 9.88. The third kappa shape index (κ3) is 8.32. The maximum Gasteiger partial charge on any atom is -0.0386 e. The fraction of sp³-hybridized carbons (Fsp3) is 1.00. The minimum Gasteiger partial charge on any atom is -0.0654 e. The van der Waals surface area contributed by atoms with Gasteiger partial charge in [0.25, 0.3) is 0 Å². The largest absolute Gasteiger partial charge is 0.0654 e. The number of unbranched alkanes of at least 4 members (excludes halogenated alkanes) is 10. The number of hydrogen-bond donors (Lipinski definition) is 0. The summed E-state index contributed by atoms with van der Waals surface area (Å²) in [4.78, 5) is 0. The first-order valence-electron chi connectivity index (χ1n) is 9.88. The van der Waals surface area contributed by atoms with E-state index in [9.17, 15) is 0 Å². The molecule has 0 saturated heterocycles. The molecule has 20 heavy (non-hydrogen) atoms. The van der Waals surface area contributed by atoms with Crippen LogP contribution in [0.2, 0.25) is 0 Å². The highest BCUT2D eigenvalue weighted by atomic mass is 14.3. The van der Waals surface area contributed by atoms with Crippen LogP contribution in [0.15, 0.2) is 0 Å². The molecule has 0 heterocycles. The second-order valence-electron chi connectivity index (χ2n) is 7.21. The predicted octanol–water partition coefficient (Wildman–Crippen LogP) is 7.51. The Kier molecular flexibility index (Phi) is 11.5. The Hall–Kier alpha value is 0. The van der Waals surface area contributed by atoms with E-state index in [1.165, 1.54) is 83.5 Å². The Morgan fingerprint density at radius 3 is 1.35 bits per heavy atom. The van der Waals surface area contributed by atoms with Gasteiger partial charge in [0.1, 0.15) is 0 Å². The summed E-state index contributed by atoms with van der Waals surface area (Å²) >= 11 is 0. The molecule has 0 aromatic heterocycles. The quantitative estimate of drug-likeness (QED) is 0.289. The van der Waals surface area contributed by atoms with Gasteiger partial charge < -0.3 is 0 Å². The van der Waals surface area contributed by atoms with Crippen LogP contribution in [0, 0.1) is 11.8 Å². The highest BCUT2D eigenvalue weighted by Gasteiger charge is 2.28. The highest BCUT2D eigenvalue weighted by Crippen LogP contribution is 2.41. The molecule has 0 amide bonds. The van der Waals surface area contributed by atoms with Crippen molar-refractivity contribution >= 4 is 0 Å². The van der Waals surface area contributed by atoms with Crippen LogP contribution < -0.4 is 0 Å². The van der Waals surface area contributed by atoms with E-state index >= 15 is 0 Å². The topological polar surface area (TPSA) is 0 Å². The van der Waals surface area contributed by atoms with Crippen LogP contribution in [0.5, 0.6) is 0 Å². The molecule has 1 aliphatic carbocycles. The van der Waals surface area contributed by atoms with E-state index in [1.807, 2.05) is 0 Å². The van der Waals surface area contributed by atoms with Gasteiger partial charge in [0, 0.05) is 0 Å². The predicted molar refractivity (Wildman–Crippen MR) is 92.2 cm³/mol. The van der Waals surface area contributed by atoms with E-state index in [0.29, 0.717) is 0 Å². The minimum atomic E-state index is 1.12. The zero-order chi connectivity index (χ0) is 14.5. The van der Waals surface area contributed by atoms with Gasteiger partial charge in [-0.1, -0.05) is 104 Å². The summed E-state index contributed by atoms with van der Waals surface area (Å²) < 4.78 is 0. The van der Waals surface area contributed by atoms with Crippen molar-refractivity contribution in [1.82, 2.24) is 0 Å². The standard InChI is InChI=1S/C20H40/c1-3-5-7-8-9-10-11-12-13-14-16-20-18-17-19(20)15-6-4-2/h19-20H,3-18H2,1-2H3. The fourth-order valence-electron chi connectivity index (χ4n) is 3.76. The Bertz CT molecular complexity index is 196. The highest BCUT2D eigenvalue weighted by molar-refractivity contribution is 4.80. The van der Waals surface area contributed by atoms with Crippen molar-refractivity contribution in [1.29, 1.82) is 0 Å². The summed E-state index contributed by atoms with van der Waals surface area (Å²) in [6.07, 6.45) is 23.8. The van der Waals surface area contributed by atoms with Crippen LogP contribution in [0.25, 0.3) is 0 Å². The summed E-state index contributed by atoms with van der Waals surface area (Å²) in [5.41, 5.74) is 0. The summed E-state index contributed by atoms with van der Waals surface area (Å²) in [5.74, 6) is 2.24. The smallest absolute Gasteiger partial charge is 0.0386 e. The second kappa shape index (κ2) is 12.7. The normalized spacial score (nSPS) is 21.9. The van der Waals surface area contributed by atoms with Gasteiger partial charge in [-0.15, -0.1) is 0 Å². The fourth-order valence-corrected chi connectivity index (χ4v) is 3.76. The van der Waals surface area contributed by atoms with Gasteiger partial charge in [-0.25, -0.2) is 0 Å². The molecule has 0 aromatic rings. The Labute approximate surface area is 129 Å². The van der Waals surface area contributed by atoms with E-state index < -0.39 is 0 Å². The third-order valence-electron chi connectivity index (χ3n) is 5.43. The van der Waals surface area contributed by atoms with Crippen LogP contribution >= 0.6 is 0 Å². The SMILES string of the molecule is CCCCCCCCCCCCC1CCC1CCCC. The zero-order valence-electron chi connectivity index (χ0n) is 14.5. The van der Waals surface area contributed by atoms with Crippen LogP contribution in [-0.4, -0.2) is 0 Å². The molecule has 120 valence electrons. The lowest BCUT2D eigenvalue weighted by Gasteiger charge is -2.37. The Morgan fingerprint density at radius 1 is 0.500 bits per heavy atom. The van der Waals surface area contributed by atoms with Crippen molar-refractivity contribution in [3.8, 4) is 0 Å². The molecule has 0 spiro atoms. The lowest BCUT2D eigenvalue weighted by Crippen LogP contribution is -2.25. The summed E-state index contributed by atoms with van der Waals surface area (Å²) in [7, 11) is 0. The monoisotopic (exact) mass is 280 g/mol. The maximum absolute atomic E-state index is 2.33. The van der Waals surface area contributed by atoms with Crippen LogP contribution in [0.3, 0.4) is 0 Å². The summed E-state index contributed by atoms with van der Waals surface area (Å²) in [5, 5.41) is 0. The van der Waals surface area contributed by atoms with E-state index in [2.05, 4.69) is 13.8 Å². The van der Waals surface area contributed by atoms with E-state index in [4.69, 9.17) is 0 Å². The summed E-state index contributed by atoms with van der Waals surface area (Å²) in [6.45, 7) is 4.63. The molecule has 1 fully saturated rings. The molecule has 0 N–H and O–H groups in total. The molecule has 1 saturated carbocycles. The molecule has 0 aliphatic heterocycles. The third-order valence-corrected chi connectivity index (χ3v) is 5.43. The molecular weight excluding hydrogens is 240 g/mol. The van der Waals surface area contributed by atoms with Crippen molar-refractivity contribution in [3.63, 3.8) is 0 Å². The molecule has 0 radical (unpaired) electrons. The van der Waals surface area contributed by atoms with Gasteiger partial charge >= 0.3 is 0 Å². The average molecular weight is 281 g/mol. The molecule has 0 heteroatoms. The van der Waals surface area contributed by atoms with Gasteiger partial charge in [-0.05, 0) is 24.7 Å². The number of rotatable bonds is 14. The molecule has 1 aliphatic rings. The molecule has 0 bridgehead atoms. The first kappa shape index (κ1) is 18.1. The van der Waals surface area contributed by atoms with Gasteiger partial charge in [-0.2, -0.15) is 0 Å². The van der Waals surface area contributed by atoms with Gasteiger partial charge in [0.05, 0.1) is 0 Å². The molecule has 2 atom stereocenters. The van der Waals surface area contributed by atoms with Crippen molar-refractivity contribution in [2.24, 2.45) is 11.8 Å². The minimum absolute atomic E-state index is 1.12. The van der Waals surface area contributed by atoms with E-state index in [-0.39, 0.29) is 0 Å².